The van der Waals surface area contributed by atoms with Crippen molar-refractivity contribution in [3.8, 4) is 11.5 Å². The van der Waals surface area contributed by atoms with Gasteiger partial charge in [-0.1, -0.05) is 13.8 Å². The van der Waals surface area contributed by atoms with Gasteiger partial charge in [0.2, 0.25) is 0 Å². The quantitative estimate of drug-likeness (QED) is 0.730. The molecule has 104 valence electrons. The van der Waals surface area contributed by atoms with Crippen LogP contribution in [0.5, 0.6) is 11.5 Å². The summed E-state index contributed by atoms with van der Waals surface area (Å²) in [6.45, 7) is 5.70. The van der Waals surface area contributed by atoms with Crippen LogP contribution in [0.25, 0.3) is 0 Å². The van der Waals surface area contributed by atoms with Gasteiger partial charge in [-0.3, -0.25) is 0 Å². The zero-order chi connectivity index (χ0) is 13.4. The number of aliphatic hydroxyl groups is 1. The summed E-state index contributed by atoms with van der Waals surface area (Å²) >= 11 is 0. The molecule has 0 aromatic heterocycles. The van der Waals surface area contributed by atoms with Crippen molar-refractivity contribution in [2.75, 3.05) is 13.2 Å². The van der Waals surface area contributed by atoms with E-state index in [-0.39, 0.29) is 6.10 Å². The third kappa shape index (κ3) is 2.57. The zero-order valence-corrected chi connectivity index (χ0v) is 11.7. The Kier molecular flexibility index (Phi) is 3.40. The summed E-state index contributed by atoms with van der Waals surface area (Å²) < 4.78 is 11.6. The molecule has 0 spiro atoms. The second kappa shape index (κ2) is 5.04. The summed E-state index contributed by atoms with van der Waals surface area (Å²) in [5.41, 5.74) is 2.25. The van der Waals surface area contributed by atoms with Crippen LogP contribution in [0.15, 0.2) is 12.1 Å². The van der Waals surface area contributed by atoms with E-state index >= 15 is 0 Å². The van der Waals surface area contributed by atoms with Crippen LogP contribution in [0.1, 0.15) is 43.9 Å². The van der Waals surface area contributed by atoms with E-state index in [1.165, 1.54) is 5.56 Å². The largest absolute Gasteiger partial charge is 0.489 e. The molecular weight excluding hydrogens is 240 g/mol. The van der Waals surface area contributed by atoms with Gasteiger partial charge in [0.05, 0.1) is 19.3 Å². The van der Waals surface area contributed by atoms with Gasteiger partial charge >= 0.3 is 0 Å². The van der Waals surface area contributed by atoms with Crippen LogP contribution in [0, 0.1) is 11.8 Å². The lowest BCUT2D eigenvalue weighted by atomic mass is 9.99. The molecular formula is C16H22O3. The standard InChI is InChI=1S/C16H22O3/c1-10-3-4-12-6-15-16(7-13(12)14(17)5-10)19-9-11(2)8-18-15/h6-7,10-11,14,17H,3-5,8-9H2,1-2H3. The minimum Gasteiger partial charge on any atom is -0.489 e. The van der Waals surface area contributed by atoms with Gasteiger partial charge in [-0.05, 0) is 48.4 Å². The molecule has 1 aliphatic heterocycles. The van der Waals surface area contributed by atoms with Crippen molar-refractivity contribution in [3.63, 3.8) is 0 Å². The van der Waals surface area contributed by atoms with Crippen molar-refractivity contribution in [2.24, 2.45) is 11.8 Å². The fourth-order valence-corrected chi connectivity index (χ4v) is 2.91. The van der Waals surface area contributed by atoms with Gasteiger partial charge in [-0.25, -0.2) is 0 Å². The highest BCUT2D eigenvalue weighted by atomic mass is 16.5. The normalized spacial score (nSPS) is 30.2. The predicted molar refractivity (Wildman–Crippen MR) is 73.7 cm³/mol. The minimum absolute atomic E-state index is 0.373. The van der Waals surface area contributed by atoms with Crippen molar-refractivity contribution in [1.82, 2.24) is 0 Å². The Balaban J connectivity index is 1.98. The zero-order valence-electron chi connectivity index (χ0n) is 11.7. The van der Waals surface area contributed by atoms with Crippen LogP contribution in [-0.2, 0) is 6.42 Å². The van der Waals surface area contributed by atoms with Crippen molar-refractivity contribution in [2.45, 2.75) is 39.2 Å². The number of aliphatic hydroxyl groups excluding tert-OH is 1. The first kappa shape index (κ1) is 12.8. The molecule has 1 aliphatic carbocycles. The Bertz CT molecular complexity index is 469. The molecule has 0 fully saturated rings. The predicted octanol–water partition coefficient (Wildman–Crippen LogP) is 3.10. The van der Waals surface area contributed by atoms with E-state index in [1.807, 2.05) is 6.07 Å². The molecule has 0 bridgehead atoms. The van der Waals surface area contributed by atoms with E-state index in [1.54, 1.807) is 0 Å². The molecule has 0 saturated carbocycles. The Hall–Kier alpha value is -1.22. The van der Waals surface area contributed by atoms with E-state index in [0.29, 0.717) is 25.0 Å². The highest BCUT2D eigenvalue weighted by molar-refractivity contribution is 5.49. The SMILES string of the molecule is CC1COc2cc3c(cc2OC1)C(O)CC(C)CC3. The summed E-state index contributed by atoms with van der Waals surface area (Å²) in [7, 11) is 0. The first-order chi connectivity index (χ1) is 9.13. The van der Waals surface area contributed by atoms with E-state index < -0.39 is 0 Å². The first-order valence-corrected chi connectivity index (χ1v) is 7.24. The van der Waals surface area contributed by atoms with Crippen LogP contribution >= 0.6 is 0 Å². The van der Waals surface area contributed by atoms with E-state index in [4.69, 9.17) is 9.47 Å². The molecule has 2 aliphatic rings. The Morgan fingerprint density at radius 1 is 1.05 bits per heavy atom. The molecule has 0 saturated heterocycles. The van der Waals surface area contributed by atoms with E-state index in [2.05, 4.69) is 19.9 Å². The van der Waals surface area contributed by atoms with Crippen LogP contribution in [0.2, 0.25) is 0 Å². The van der Waals surface area contributed by atoms with Crippen LogP contribution < -0.4 is 9.47 Å². The number of aryl methyl sites for hydroxylation is 1. The topological polar surface area (TPSA) is 38.7 Å². The van der Waals surface area contributed by atoms with Crippen LogP contribution in [0.4, 0.5) is 0 Å². The third-order valence-corrected chi connectivity index (χ3v) is 4.14. The fraction of sp³-hybridized carbons (Fsp3) is 0.625. The first-order valence-electron chi connectivity index (χ1n) is 7.24. The average Bonchev–Trinajstić information content (AvgIpc) is 2.64. The van der Waals surface area contributed by atoms with Gasteiger partial charge in [0.25, 0.3) is 0 Å². The molecule has 0 radical (unpaired) electrons. The minimum atomic E-state index is -0.373. The van der Waals surface area contributed by atoms with Crippen molar-refractivity contribution in [3.05, 3.63) is 23.3 Å². The number of hydrogen-bond donors (Lipinski definition) is 1. The van der Waals surface area contributed by atoms with Gasteiger partial charge in [0, 0.05) is 5.92 Å². The maximum atomic E-state index is 10.3. The second-order valence-electron chi connectivity index (χ2n) is 6.12. The van der Waals surface area contributed by atoms with Crippen LogP contribution in [0.3, 0.4) is 0 Å². The molecule has 3 atom stereocenters. The third-order valence-electron chi connectivity index (χ3n) is 4.14. The molecule has 3 heteroatoms. The monoisotopic (exact) mass is 262 g/mol. The molecule has 3 nitrogen and oxygen atoms in total. The maximum absolute atomic E-state index is 10.3. The van der Waals surface area contributed by atoms with Crippen molar-refractivity contribution >= 4 is 0 Å². The Morgan fingerprint density at radius 2 is 1.74 bits per heavy atom. The number of hydrogen-bond acceptors (Lipinski definition) is 3. The number of benzene rings is 1. The summed E-state index contributed by atoms with van der Waals surface area (Å²) in [6.07, 6.45) is 2.60. The van der Waals surface area contributed by atoms with Gasteiger partial charge in [0.1, 0.15) is 0 Å². The van der Waals surface area contributed by atoms with E-state index in [9.17, 15) is 5.11 Å². The van der Waals surface area contributed by atoms with Crippen molar-refractivity contribution in [1.29, 1.82) is 0 Å². The maximum Gasteiger partial charge on any atom is 0.161 e. The highest BCUT2D eigenvalue weighted by Gasteiger charge is 2.24. The molecule has 1 N–H and O–H groups in total. The molecule has 1 aromatic carbocycles. The molecule has 1 aromatic rings. The summed E-state index contributed by atoms with van der Waals surface area (Å²) in [6, 6.07) is 4.06. The lowest BCUT2D eigenvalue weighted by Crippen LogP contribution is -2.12. The molecule has 0 amide bonds. The molecule has 3 unspecified atom stereocenters. The van der Waals surface area contributed by atoms with Crippen LogP contribution in [-0.4, -0.2) is 18.3 Å². The van der Waals surface area contributed by atoms with Crippen molar-refractivity contribution < 1.29 is 14.6 Å². The number of fused-ring (bicyclic) bond motifs is 2. The smallest absolute Gasteiger partial charge is 0.161 e. The number of rotatable bonds is 0. The highest BCUT2D eigenvalue weighted by Crippen LogP contribution is 2.39. The Morgan fingerprint density at radius 3 is 2.47 bits per heavy atom. The lowest BCUT2D eigenvalue weighted by molar-refractivity contribution is 0.149. The molecule has 19 heavy (non-hydrogen) atoms. The lowest BCUT2D eigenvalue weighted by Gasteiger charge is -2.16. The Labute approximate surface area is 114 Å². The molecule has 1 heterocycles. The fourth-order valence-electron chi connectivity index (χ4n) is 2.91. The summed E-state index contributed by atoms with van der Waals surface area (Å²) in [4.78, 5) is 0. The van der Waals surface area contributed by atoms with Gasteiger partial charge in [-0.2, -0.15) is 0 Å². The molecule has 3 rings (SSSR count). The average molecular weight is 262 g/mol. The number of ether oxygens (including phenoxy) is 2. The summed E-state index contributed by atoms with van der Waals surface area (Å²) in [5.74, 6) is 2.59. The van der Waals surface area contributed by atoms with Gasteiger partial charge in [0.15, 0.2) is 11.5 Å². The van der Waals surface area contributed by atoms with Gasteiger partial charge < -0.3 is 14.6 Å². The van der Waals surface area contributed by atoms with E-state index in [0.717, 1.165) is 36.3 Å². The second-order valence-corrected chi connectivity index (χ2v) is 6.12. The summed E-state index contributed by atoms with van der Waals surface area (Å²) in [5, 5.41) is 10.3. The van der Waals surface area contributed by atoms with Gasteiger partial charge in [-0.15, -0.1) is 0 Å².